The first kappa shape index (κ1) is 32.5. The normalized spacial score (nSPS) is 38.8. The monoisotopic (exact) mass is 678 g/mol. The van der Waals surface area contributed by atoms with E-state index in [-0.39, 0.29) is 21.7 Å². The molecule has 0 radical (unpaired) electrons. The first-order chi connectivity index (χ1) is 25.4. The molecule has 0 spiro atoms. The van der Waals surface area contributed by atoms with Crippen molar-refractivity contribution < 1.29 is 0 Å². The van der Waals surface area contributed by atoms with E-state index in [1.807, 2.05) is 0 Å². The van der Waals surface area contributed by atoms with Gasteiger partial charge in [-0.05, 0) is 144 Å². The van der Waals surface area contributed by atoms with Crippen LogP contribution in [0.2, 0.25) is 0 Å². The molecule has 0 saturated heterocycles. The van der Waals surface area contributed by atoms with E-state index in [1.165, 1.54) is 99.3 Å². The molecule has 4 atom stereocenters. The van der Waals surface area contributed by atoms with Crippen molar-refractivity contribution in [3.8, 4) is 0 Å². The third-order valence-corrected chi connectivity index (χ3v) is 15.2. The minimum atomic E-state index is 0.264. The van der Waals surface area contributed by atoms with Crippen LogP contribution in [0.15, 0.2) is 146 Å². The molecule has 52 heavy (non-hydrogen) atoms. The zero-order chi connectivity index (χ0) is 34.7. The SMILES string of the molecule is C(=C\C12CC3CC(/C=C/c4ccccc4)(C1)CC(C14CC5CC(/C=C/c6ccccc6)(CC(/C=C/c6ccccc6)(C5)C1)C4)(C3)C2)/c1ccccc1. The molecule has 0 heteroatoms. The molecular weight excluding hydrogens is 625 g/mol. The van der Waals surface area contributed by atoms with Crippen LogP contribution in [0, 0.1) is 44.3 Å². The molecule has 0 nitrogen and oxygen atoms in total. The van der Waals surface area contributed by atoms with Crippen molar-refractivity contribution in [2.24, 2.45) is 44.3 Å². The van der Waals surface area contributed by atoms with E-state index in [1.54, 1.807) is 0 Å². The summed E-state index contributed by atoms with van der Waals surface area (Å²) in [6.45, 7) is 0. The van der Waals surface area contributed by atoms with Gasteiger partial charge >= 0.3 is 0 Å². The number of rotatable bonds is 9. The van der Waals surface area contributed by atoms with Crippen LogP contribution in [0.5, 0.6) is 0 Å². The van der Waals surface area contributed by atoms with Gasteiger partial charge in [0.05, 0.1) is 0 Å². The maximum absolute atomic E-state index is 2.74. The van der Waals surface area contributed by atoms with Gasteiger partial charge in [-0.3, -0.25) is 0 Å². The molecule has 8 saturated carbocycles. The highest BCUT2D eigenvalue weighted by Gasteiger charge is 2.73. The first-order valence-electron chi connectivity index (χ1n) is 20.3. The highest BCUT2D eigenvalue weighted by atomic mass is 14.8. The van der Waals surface area contributed by atoms with Crippen LogP contribution in [0.1, 0.15) is 99.3 Å². The second-order valence-corrected chi connectivity index (χ2v) is 19.0. The van der Waals surface area contributed by atoms with E-state index >= 15 is 0 Å². The Kier molecular flexibility index (Phi) is 7.62. The average Bonchev–Trinajstić information content (AvgIpc) is 3.16. The maximum Gasteiger partial charge on any atom is -0.00985 e. The molecule has 0 aliphatic heterocycles. The Morgan fingerprint density at radius 2 is 0.558 bits per heavy atom. The largest absolute Gasteiger partial charge is 0.0776 e. The van der Waals surface area contributed by atoms with Gasteiger partial charge in [0.15, 0.2) is 0 Å². The van der Waals surface area contributed by atoms with E-state index in [2.05, 4.69) is 170 Å². The quantitative estimate of drug-likeness (QED) is 0.165. The lowest BCUT2D eigenvalue weighted by molar-refractivity contribution is -0.246. The van der Waals surface area contributed by atoms with Gasteiger partial charge in [-0.15, -0.1) is 0 Å². The van der Waals surface area contributed by atoms with Crippen LogP contribution in [-0.2, 0) is 0 Å². The van der Waals surface area contributed by atoms with E-state index in [9.17, 15) is 0 Å². The molecule has 4 aromatic rings. The number of benzene rings is 4. The molecule has 12 rings (SSSR count). The van der Waals surface area contributed by atoms with Crippen LogP contribution in [0.25, 0.3) is 24.3 Å². The van der Waals surface area contributed by atoms with Crippen LogP contribution in [-0.4, -0.2) is 0 Å². The molecule has 8 aliphatic carbocycles. The molecule has 0 heterocycles. The number of allylic oxidation sites excluding steroid dienone is 4. The van der Waals surface area contributed by atoms with Crippen molar-refractivity contribution in [3.05, 3.63) is 168 Å². The number of hydrogen-bond donors (Lipinski definition) is 0. The van der Waals surface area contributed by atoms with Gasteiger partial charge in [-0.1, -0.05) is 170 Å². The Labute approximate surface area is 312 Å². The summed E-state index contributed by atoms with van der Waals surface area (Å²) < 4.78 is 0. The Hall–Kier alpha value is -4.16. The molecule has 4 unspecified atom stereocenters. The van der Waals surface area contributed by atoms with Gasteiger partial charge in [-0.2, -0.15) is 0 Å². The fourth-order valence-electron chi connectivity index (χ4n) is 14.5. The third-order valence-electron chi connectivity index (χ3n) is 15.2. The second kappa shape index (κ2) is 12.2. The highest BCUT2D eigenvalue weighted by molar-refractivity contribution is 5.55. The predicted molar refractivity (Wildman–Crippen MR) is 219 cm³/mol. The average molecular weight is 679 g/mol. The lowest BCUT2D eigenvalue weighted by atomic mass is 9.28. The zero-order valence-electron chi connectivity index (χ0n) is 30.8. The van der Waals surface area contributed by atoms with Crippen molar-refractivity contribution in [2.45, 2.75) is 77.0 Å². The second-order valence-electron chi connectivity index (χ2n) is 19.0. The summed E-state index contributed by atoms with van der Waals surface area (Å²) in [5.41, 5.74) is 7.20. The lowest BCUT2D eigenvalue weighted by Gasteiger charge is -2.76. The van der Waals surface area contributed by atoms with Crippen molar-refractivity contribution in [2.75, 3.05) is 0 Å². The Bertz CT molecular complexity index is 1730. The molecule has 8 fully saturated rings. The summed E-state index contributed by atoms with van der Waals surface area (Å²) in [7, 11) is 0. The van der Waals surface area contributed by atoms with E-state index in [0.717, 1.165) is 11.8 Å². The van der Waals surface area contributed by atoms with E-state index in [4.69, 9.17) is 0 Å². The highest BCUT2D eigenvalue weighted by Crippen LogP contribution is 2.82. The van der Waals surface area contributed by atoms with Crippen molar-refractivity contribution in [1.29, 1.82) is 0 Å². The summed E-state index contributed by atoms with van der Waals surface area (Å²) >= 11 is 0. The smallest absolute Gasteiger partial charge is 0.00985 e. The summed E-state index contributed by atoms with van der Waals surface area (Å²) in [6.07, 6.45) is 37.5. The summed E-state index contributed by atoms with van der Waals surface area (Å²) in [4.78, 5) is 0. The van der Waals surface area contributed by atoms with Crippen molar-refractivity contribution in [1.82, 2.24) is 0 Å². The minimum absolute atomic E-state index is 0.264. The molecule has 0 N–H and O–H groups in total. The van der Waals surface area contributed by atoms with Crippen LogP contribution >= 0.6 is 0 Å². The summed E-state index contributed by atoms with van der Waals surface area (Å²) in [6, 6.07) is 44.6. The van der Waals surface area contributed by atoms with Gasteiger partial charge in [0.25, 0.3) is 0 Å². The molecule has 8 bridgehead atoms. The zero-order valence-corrected chi connectivity index (χ0v) is 30.8. The summed E-state index contributed by atoms with van der Waals surface area (Å²) in [5.74, 6) is 1.61. The first-order valence-corrected chi connectivity index (χ1v) is 20.3. The van der Waals surface area contributed by atoms with E-state index in [0.29, 0.717) is 10.8 Å². The van der Waals surface area contributed by atoms with Gasteiger partial charge in [0.2, 0.25) is 0 Å². The lowest BCUT2D eigenvalue weighted by Crippen LogP contribution is -2.67. The van der Waals surface area contributed by atoms with Gasteiger partial charge in [-0.25, -0.2) is 0 Å². The number of hydrogen-bond acceptors (Lipinski definition) is 0. The third kappa shape index (κ3) is 5.73. The molecule has 262 valence electrons. The van der Waals surface area contributed by atoms with Crippen molar-refractivity contribution in [3.63, 3.8) is 0 Å². The molecule has 0 amide bonds. The molecule has 0 aromatic heterocycles. The summed E-state index contributed by atoms with van der Waals surface area (Å²) in [5, 5.41) is 0. The molecular formula is C52H54. The maximum atomic E-state index is 2.74. The Balaban J connectivity index is 1.09. The predicted octanol–water partition coefficient (Wildman–Crippen LogP) is 13.8. The Morgan fingerprint density at radius 1 is 0.308 bits per heavy atom. The topological polar surface area (TPSA) is 0 Å². The fraction of sp³-hybridized carbons (Fsp3) is 0.385. The van der Waals surface area contributed by atoms with Crippen molar-refractivity contribution >= 4 is 24.3 Å². The molecule has 8 aliphatic rings. The van der Waals surface area contributed by atoms with Gasteiger partial charge in [0.1, 0.15) is 0 Å². The van der Waals surface area contributed by atoms with E-state index < -0.39 is 0 Å². The fourth-order valence-corrected chi connectivity index (χ4v) is 14.5. The minimum Gasteiger partial charge on any atom is -0.0776 e. The van der Waals surface area contributed by atoms with Gasteiger partial charge < -0.3 is 0 Å². The Morgan fingerprint density at radius 3 is 0.808 bits per heavy atom. The van der Waals surface area contributed by atoms with Crippen LogP contribution < -0.4 is 0 Å². The standard InChI is InChI=1S/C52H54/c1-5-13-41(14-6-1)21-25-47-29-45-30-48(35-47,26-22-42-15-7-2-8-16-42)38-51(33-45,37-47)52-34-46-31-49(39-52,27-23-43-17-9-3-10-18-43)36-50(32-46,40-52)28-24-44-19-11-4-12-20-44/h1-28,45-46H,29-40H2/b25-21+,26-22+,27-23+,28-24+. The van der Waals surface area contributed by atoms with Crippen LogP contribution in [0.3, 0.4) is 0 Å². The van der Waals surface area contributed by atoms with Gasteiger partial charge in [0, 0.05) is 0 Å². The molecule has 4 aromatic carbocycles. The van der Waals surface area contributed by atoms with Crippen LogP contribution in [0.4, 0.5) is 0 Å².